The highest BCUT2D eigenvalue weighted by Gasteiger charge is 2.34. The molecule has 3 aromatic carbocycles. The van der Waals surface area contributed by atoms with E-state index < -0.39 is 5.92 Å². The van der Waals surface area contributed by atoms with Gasteiger partial charge >= 0.3 is 0 Å². The monoisotopic (exact) mass is 457 g/mol. The van der Waals surface area contributed by atoms with Crippen molar-refractivity contribution >= 4 is 23.2 Å². The van der Waals surface area contributed by atoms with E-state index >= 15 is 0 Å². The fourth-order valence-corrected chi connectivity index (χ4v) is 4.08. The lowest BCUT2D eigenvalue weighted by atomic mass is 9.88. The number of ether oxygens (including phenoxy) is 2. The minimum atomic E-state index is -0.747. The molecule has 0 aromatic heterocycles. The maximum absolute atomic E-state index is 13.8. The summed E-state index contributed by atoms with van der Waals surface area (Å²) in [6, 6.07) is 22.4. The fourth-order valence-electron chi connectivity index (χ4n) is 4.08. The van der Waals surface area contributed by atoms with Crippen LogP contribution in [0.15, 0.2) is 77.9 Å². The lowest BCUT2D eigenvalue weighted by molar-refractivity contribution is -0.135. The standard InChI is InChI=1S/C27H27N3O4/c1-18-21-14-24(33-2)25(34-3)15-22(21)23(16-26(31)28-20-12-8-5-9-13-20)27(32)30(29-18)17-19-10-6-4-7-11-19/h4-15,23H,16-17H2,1-3H3,(H,28,31). The van der Waals surface area contributed by atoms with Crippen molar-refractivity contribution in [1.29, 1.82) is 0 Å². The van der Waals surface area contributed by atoms with Gasteiger partial charge in [0.1, 0.15) is 0 Å². The van der Waals surface area contributed by atoms with Crippen LogP contribution in [0.1, 0.15) is 36.0 Å². The number of nitrogens with zero attached hydrogens (tertiary/aromatic N) is 2. The van der Waals surface area contributed by atoms with Crippen LogP contribution in [0.5, 0.6) is 11.5 Å². The number of hydrogen-bond acceptors (Lipinski definition) is 5. The molecule has 0 bridgehead atoms. The van der Waals surface area contributed by atoms with E-state index in [1.54, 1.807) is 20.3 Å². The maximum atomic E-state index is 13.8. The smallest absolute Gasteiger partial charge is 0.251 e. The van der Waals surface area contributed by atoms with E-state index in [-0.39, 0.29) is 18.2 Å². The number of anilines is 1. The van der Waals surface area contributed by atoms with Crippen LogP contribution in [-0.4, -0.2) is 36.8 Å². The van der Waals surface area contributed by atoms with E-state index in [1.165, 1.54) is 5.01 Å². The minimum Gasteiger partial charge on any atom is -0.493 e. The molecule has 0 saturated carbocycles. The van der Waals surface area contributed by atoms with Crippen molar-refractivity contribution in [3.8, 4) is 11.5 Å². The number of hydrazone groups is 1. The molecule has 0 spiro atoms. The zero-order valence-electron chi connectivity index (χ0n) is 19.4. The number of benzene rings is 3. The highest BCUT2D eigenvalue weighted by Crippen LogP contribution is 2.38. The van der Waals surface area contributed by atoms with Crippen LogP contribution in [0.2, 0.25) is 0 Å². The number of para-hydroxylation sites is 1. The van der Waals surface area contributed by atoms with E-state index in [2.05, 4.69) is 10.4 Å². The number of amides is 2. The number of nitrogens with one attached hydrogen (secondary N) is 1. The predicted molar refractivity (Wildman–Crippen MR) is 131 cm³/mol. The zero-order valence-corrected chi connectivity index (χ0v) is 19.4. The first-order chi connectivity index (χ1) is 16.5. The summed E-state index contributed by atoms with van der Waals surface area (Å²) in [4.78, 5) is 26.8. The molecular formula is C27H27N3O4. The topological polar surface area (TPSA) is 80.2 Å². The van der Waals surface area contributed by atoms with Gasteiger partial charge in [0.05, 0.1) is 32.4 Å². The average molecular weight is 458 g/mol. The number of rotatable bonds is 7. The molecule has 3 aromatic rings. The quantitative estimate of drug-likeness (QED) is 0.563. The Morgan fingerprint density at radius 3 is 2.24 bits per heavy atom. The molecule has 1 N–H and O–H groups in total. The third kappa shape index (κ3) is 4.93. The van der Waals surface area contributed by atoms with Crippen LogP contribution in [0.4, 0.5) is 5.69 Å². The van der Waals surface area contributed by atoms with Gasteiger partial charge in [-0.1, -0.05) is 48.5 Å². The Hall–Kier alpha value is -4.13. The first kappa shape index (κ1) is 23.0. The molecule has 1 aliphatic rings. The van der Waals surface area contributed by atoms with E-state index in [4.69, 9.17) is 9.47 Å². The predicted octanol–water partition coefficient (Wildman–Crippen LogP) is 4.58. The van der Waals surface area contributed by atoms with E-state index in [1.807, 2.05) is 73.7 Å². The summed E-state index contributed by atoms with van der Waals surface area (Å²) in [5, 5.41) is 8.97. The fraction of sp³-hybridized carbons (Fsp3) is 0.222. The van der Waals surface area contributed by atoms with Crippen LogP contribution in [-0.2, 0) is 16.1 Å². The third-order valence-corrected chi connectivity index (χ3v) is 5.77. The van der Waals surface area contributed by atoms with E-state index in [0.717, 1.165) is 11.1 Å². The molecule has 174 valence electrons. The van der Waals surface area contributed by atoms with Crippen molar-refractivity contribution in [2.75, 3.05) is 19.5 Å². The molecule has 1 aliphatic heterocycles. The van der Waals surface area contributed by atoms with Gasteiger partial charge in [-0.25, -0.2) is 5.01 Å². The normalized spacial score (nSPS) is 15.1. The summed E-state index contributed by atoms with van der Waals surface area (Å²) in [5.41, 5.74) is 3.71. The molecule has 1 atom stereocenters. The third-order valence-electron chi connectivity index (χ3n) is 5.77. The molecule has 0 aliphatic carbocycles. The Morgan fingerprint density at radius 1 is 0.971 bits per heavy atom. The Labute approximate surface area is 199 Å². The highest BCUT2D eigenvalue weighted by molar-refractivity contribution is 6.06. The SMILES string of the molecule is COc1cc2c(cc1OC)C(CC(=O)Nc1ccccc1)C(=O)N(Cc1ccccc1)N=C2C. The van der Waals surface area contributed by atoms with Crippen LogP contribution in [0.3, 0.4) is 0 Å². The second-order valence-corrected chi connectivity index (χ2v) is 8.03. The average Bonchev–Trinajstić information content (AvgIpc) is 2.94. The molecule has 7 nitrogen and oxygen atoms in total. The van der Waals surface area contributed by atoms with Crippen molar-refractivity contribution in [2.45, 2.75) is 25.8 Å². The van der Waals surface area contributed by atoms with Crippen LogP contribution >= 0.6 is 0 Å². The Morgan fingerprint density at radius 2 is 1.59 bits per heavy atom. The molecule has 0 saturated heterocycles. The lowest BCUT2D eigenvalue weighted by Crippen LogP contribution is -2.32. The highest BCUT2D eigenvalue weighted by atomic mass is 16.5. The molecular weight excluding hydrogens is 430 g/mol. The molecule has 34 heavy (non-hydrogen) atoms. The Bertz CT molecular complexity index is 1210. The van der Waals surface area contributed by atoms with Crippen molar-refractivity contribution in [3.63, 3.8) is 0 Å². The number of methoxy groups -OCH3 is 2. The van der Waals surface area contributed by atoms with Gasteiger partial charge in [-0.3, -0.25) is 9.59 Å². The van der Waals surface area contributed by atoms with Gasteiger partial charge in [0, 0.05) is 17.7 Å². The summed E-state index contributed by atoms with van der Waals surface area (Å²) in [7, 11) is 3.10. The second-order valence-electron chi connectivity index (χ2n) is 8.03. The van der Waals surface area contributed by atoms with Gasteiger partial charge < -0.3 is 14.8 Å². The summed E-state index contributed by atoms with van der Waals surface area (Å²) >= 11 is 0. The minimum absolute atomic E-state index is 0.0374. The zero-order chi connectivity index (χ0) is 24.1. The summed E-state index contributed by atoms with van der Waals surface area (Å²) < 4.78 is 11.0. The number of fused-ring (bicyclic) bond motifs is 1. The number of hydrogen-bond donors (Lipinski definition) is 1. The molecule has 0 fully saturated rings. The summed E-state index contributed by atoms with van der Waals surface area (Å²) in [5.74, 6) is -0.232. The Kier molecular flexibility index (Phi) is 6.92. The van der Waals surface area contributed by atoms with Crippen LogP contribution < -0.4 is 14.8 Å². The summed E-state index contributed by atoms with van der Waals surface area (Å²) in [6.45, 7) is 2.15. The first-order valence-electron chi connectivity index (χ1n) is 11.0. The molecule has 1 heterocycles. The second kappa shape index (κ2) is 10.2. The lowest BCUT2D eigenvalue weighted by Gasteiger charge is -2.22. The van der Waals surface area contributed by atoms with Crippen molar-refractivity contribution in [1.82, 2.24) is 5.01 Å². The largest absolute Gasteiger partial charge is 0.493 e. The van der Waals surface area contributed by atoms with Crippen LogP contribution in [0.25, 0.3) is 0 Å². The van der Waals surface area contributed by atoms with Gasteiger partial charge in [0.2, 0.25) is 5.91 Å². The van der Waals surface area contributed by atoms with Gasteiger partial charge in [-0.05, 0) is 42.3 Å². The first-order valence-corrected chi connectivity index (χ1v) is 11.0. The van der Waals surface area contributed by atoms with Crippen LogP contribution in [0, 0.1) is 0 Å². The number of carbonyl (C=O) groups is 2. The maximum Gasteiger partial charge on any atom is 0.251 e. The molecule has 0 radical (unpaired) electrons. The van der Waals surface area contributed by atoms with Gasteiger partial charge in [0.25, 0.3) is 5.91 Å². The molecule has 2 amide bonds. The molecule has 7 heteroatoms. The van der Waals surface area contributed by atoms with Crippen molar-refractivity contribution in [3.05, 3.63) is 89.5 Å². The van der Waals surface area contributed by atoms with E-state index in [0.29, 0.717) is 35.0 Å². The van der Waals surface area contributed by atoms with Gasteiger partial charge in [-0.2, -0.15) is 5.10 Å². The summed E-state index contributed by atoms with van der Waals surface area (Å²) in [6.07, 6.45) is -0.0374. The van der Waals surface area contributed by atoms with Crippen molar-refractivity contribution in [2.24, 2.45) is 5.10 Å². The van der Waals surface area contributed by atoms with E-state index in [9.17, 15) is 9.59 Å². The molecule has 4 rings (SSSR count). The van der Waals surface area contributed by atoms with Crippen molar-refractivity contribution < 1.29 is 19.1 Å². The Balaban J connectivity index is 1.73. The number of carbonyl (C=O) groups excluding carboxylic acids is 2. The molecule has 1 unspecified atom stereocenters. The van der Waals surface area contributed by atoms with Gasteiger partial charge in [-0.15, -0.1) is 0 Å². The van der Waals surface area contributed by atoms with Gasteiger partial charge in [0.15, 0.2) is 11.5 Å².